The standard InChI is InChI=1S/C35H28F4N2O5/c1-34(26-12-11-23(18-27(26)36)35(37,38)39)45-30-5-3-4-25(32(30)46-34)21-8-6-20(7-9-21)16-31-40-28-13-10-22(33(42)43-2)17-29(28)41(31)19-24-14-15-44-24/h3-13,17-18,24H,14-16,19H2,1-2H3/t24-,34?/m0/s1. The second-order valence-corrected chi connectivity index (χ2v) is 11.5. The number of methoxy groups -OCH3 is 1. The number of imidazole rings is 1. The molecule has 0 amide bonds. The topological polar surface area (TPSA) is 71.8 Å². The molecule has 5 aromatic rings. The number of fused-ring (bicyclic) bond motifs is 2. The fraction of sp³-hybridized carbons (Fsp3) is 0.257. The van der Waals surface area contributed by atoms with Gasteiger partial charge in [-0.1, -0.05) is 36.4 Å². The predicted molar refractivity (Wildman–Crippen MR) is 160 cm³/mol. The van der Waals surface area contributed by atoms with Gasteiger partial charge in [-0.3, -0.25) is 0 Å². The Morgan fingerprint density at radius 1 is 1.04 bits per heavy atom. The third-order valence-electron chi connectivity index (χ3n) is 8.42. The van der Waals surface area contributed by atoms with Crippen molar-refractivity contribution in [2.45, 2.75) is 44.4 Å². The lowest BCUT2D eigenvalue weighted by molar-refractivity contribution is -0.138. The Bertz CT molecular complexity index is 1970. The van der Waals surface area contributed by atoms with E-state index < -0.39 is 29.3 Å². The lowest BCUT2D eigenvalue weighted by Gasteiger charge is -2.27. The first-order valence-electron chi connectivity index (χ1n) is 14.7. The Hall–Kier alpha value is -4.90. The maximum absolute atomic E-state index is 14.9. The first kappa shape index (κ1) is 29.8. The molecule has 7 rings (SSSR count). The molecule has 1 aromatic heterocycles. The van der Waals surface area contributed by atoms with E-state index in [-0.39, 0.29) is 11.7 Å². The third-order valence-corrected chi connectivity index (χ3v) is 8.42. The minimum Gasteiger partial charge on any atom is -0.465 e. The lowest BCUT2D eigenvalue weighted by Crippen LogP contribution is -2.33. The fourth-order valence-corrected chi connectivity index (χ4v) is 5.90. The van der Waals surface area contributed by atoms with Crippen molar-refractivity contribution in [2.75, 3.05) is 13.7 Å². The van der Waals surface area contributed by atoms with Gasteiger partial charge < -0.3 is 23.5 Å². The van der Waals surface area contributed by atoms with Gasteiger partial charge in [0, 0.05) is 25.5 Å². The van der Waals surface area contributed by atoms with E-state index in [1.165, 1.54) is 14.0 Å². The van der Waals surface area contributed by atoms with Crippen molar-refractivity contribution in [3.63, 3.8) is 0 Å². The third kappa shape index (κ3) is 5.34. The van der Waals surface area contributed by atoms with Crippen LogP contribution in [0.15, 0.2) is 78.9 Å². The molecule has 4 aromatic carbocycles. The number of para-hydroxylation sites is 1. The molecule has 46 heavy (non-hydrogen) atoms. The Kier molecular flexibility index (Phi) is 7.23. The van der Waals surface area contributed by atoms with Gasteiger partial charge in [0.2, 0.25) is 0 Å². The summed E-state index contributed by atoms with van der Waals surface area (Å²) in [7, 11) is 1.35. The van der Waals surface area contributed by atoms with Crippen molar-refractivity contribution in [2.24, 2.45) is 0 Å². The summed E-state index contributed by atoms with van der Waals surface area (Å²) < 4.78 is 79.1. The molecule has 7 nitrogen and oxygen atoms in total. The van der Waals surface area contributed by atoms with Gasteiger partial charge in [-0.05, 0) is 60.0 Å². The number of esters is 1. The molecule has 2 atom stereocenters. The minimum atomic E-state index is -4.67. The maximum Gasteiger partial charge on any atom is 0.416 e. The highest BCUT2D eigenvalue weighted by Gasteiger charge is 2.43. The zero-order valence-corrected chi connectivity index (χ0v) is 24.9. The zero-order valence-electron chi connectivity index (χ0n) is 24.9. The molecular formula is C35H28F4N2O5. The first-order chi connectivity index (χ1) is 22.0. The van der Waals surface area contributed by atoms with Gasteiger partial charge in [0.05, 0.1) is 47.5 Å². The van der Waals surface area contributed by atoms with Gasteiger partial charge in [0.1, 0.15) is 11.6 Å². The average molecular weight is 633 g/mol. The van der Waals surface area contributed by atoms with Crippen LogP contribution in [-0.4, -0.2) is 35.3 Å². The molecule has 0 aliphatic carbocycles. The summed E-state index contributed by atoms with van der Waals surface area (Å²) in [6, 6.07) is 20.7. The molecule has 0 bridgehead atoms. The van der Waals surface area contributed by atoms with Crippen LogP contribution in [0.2, 0.25) is 0 Å². The molecule has 11 heteroatoms. The number of rotatable bonds is 7. The summed E-state index contributed by atoms with van der Waals surface area (Å²) in [4.78, 5) is 17.1. The molecule has 3 heterocycles. The van der Waals surface area contributed by atoms with Crippen molar-refractivity contribution < 1.29 is 41.3 Å². The molecule has 0 radical (unpaired) electrons. The molecule has 1 saturated heterocycles. The van der Waals surface area contributed by atoms with E-state index in [0.717, 1.165) is 53.1 Å². The number of halogens is 4. The first-order valence-corrected chi connectivity index (χ1v) is 14.7. The Morgan fingerprint density at radius 3 is 2.50 bits per heavy atom. The Morgan fingerprint density at radius 2 is 1.83 bits per heavy atom. The van der Waals surface area contributed by atoms with E-state index in [9.17, 15) is 22.4 Å². The largest absolute Gasteiger partial charge is 0.465 e. The Balaban J connectivity index is 1.16. The van der Waals surface area contributed by atoms with Crippen LogP contribution in [0.5, 0.6) is 11.5 Å². The molecule has 236 valence electrons. The smallest absolute Gasteiger partial charge is 0.416 e. The fourth-order valence-electron chi connectivity index (χ4n) is 5.90. The number of benzene rings is 4. The lowest BCUT2D eigenvalue weighted by atomic mass is 10.0. The summed E-state index contributed by atoms with van der Waals surface area (Å²) >= 11 is 0. The SMILES string of the molecule is COC(=O)c1ccc2nc(Cc3ccc(-c4cccc5c4OC(C)(c4ccc(C(F)(F)F)cc4F)O5)cc3)n(C[C@@H]3CCO3)c2c1. The molecule has 0 saturated carbocycles. The van der Waals surface area contributed by atoms with Crippen LogP contribution in [0.4, 0.5) is 17.6 Å². The molecular weight excluding hydrogens is 604 g/mol. The minimum absolute atomic E-state index is 0.0736. The highest BCUT2D eigenvalue weighted by atomic mass is 19.4. The summed E-state index contributed by atoms with van der Waals surface area (Å²) in [5, 5.41) is 0. The second-order valence-electron chi connectivity index (χ2n) is 11.5. The van der Waals surface area contributed by atoms with E-state index >= 15 is 0 Å². The summed E-state index contributed by atoms with van der Waals surface area (Å²) in [5.41, 5.74) is 3.28. The number of ether oxygens (including phenoxy) is 4. The van der Waals surface area contributed by atoms with Crippen molar-refractivity contribution in [1.82, 2.24) is 9.55 Å². The number of nitrogens with zero attached hydrogens (tertiary/aromatic N) is 2. The van der Waals surface area contributed by atoms with E-state index in [1.807, 2.05) is 36.4 Å². The summed E-state index contributed by atoms with van der Waals surface area (Å²) in [6.45, 7) is 2.80. The molecule has 1 fully saturated rings. The molecule has 2 aliphatic heterocycles. The van der Waals surface area contributed by atoms with Crippen LogP contribution in [0.25, 0.3) is 22.2 Å². The molecule has 0 N–H and O–H groups in total. The van der Waals surface area contributed by atoms with Gasteiger partial charge in [-0.25, -0.2) is 14.2 Å². The van der Waals surface area contributed by atoms with Gasteiger partial charge in [-0.15, -0.1) is 0 Å². The number of hydrogen-bond acceptors (Lipinski definition) is 6. The highest BCUT2D eigenvalue weighted by Crippen LogP contribution is 2.50. The van der Waals surface area contributed by atoms with Gasteiger partial charge in [0.25, 0.3) is 5.79 Å². The van der Waals surface area contributed by atoms with Crippen LogP contribution < -0.4 is 9.47 Å². The number of aromatic nitrogens is 2. The number of carbonyl (C=O) groups excluding carboxylic acids is 1. The number of alkyl halides is 3. The summed E-state index contributed by atoms with van der Waals surface area (Å²) in [6.07, 6.45) is -3.13. The van der Waals surface area contributed by atoms with Crippen molar-refractivity contribution in [1.29, 1.82) is 0 Å². The van der Waals surface area contributed by atoms with Crippen molar-refractivity contribution in [3.05, 3.63) is 113 Å². The van der Waals surface area contributed by atoms with Gasteiger partial charge in [-0.2, -0.15) is 13.2 Å². The number of hydrogen-bond donors (Lipinski definition) is 0. The van der Waals surface area contributed by atoms with E-state index in [0.29, 0.717) is 41.7 Å². The Labute approximate surface area is 261 Å². The second kappa shape index (κ2) is 11.2. The van der Waals surface area contributed by atoms with Crippen molar-refractivity contribution >= 4 is 17.0 Å². The van der Waals surface area contributed by atoms with Crippen LogP contribution in [0.3, 0.4) is 0 Å². The monoisotopic (exact) mass is 632 g/mol. The number of carbonyl (C=O) groups is 1. The van der Waals surface area contributed by atoms with Crippen LogP contribution >= 0.6 is 0 Å². The molecule has 2 aliphatic rings. The van der Waals surface area contributed by atoms with Crippen LogP contribution in [-0.2, 0) is 34.4 Å². The normalized spacial score (nSPS) is 18.9. The molecule has 0 spiro atoms. The van der Waals surface area contributed by atoms with E-state index in [2.05, 4.69) is 4.57 Å². The average Bonchev–Trinajstić information content (AvgIpc) is 3.54. The molecule has 1 unspecified atom stereocenters. The van der Waals surface area contributed by atoms with Crippen molar-refractivity contribution in [3.8, 4) is 22.6 Å². The van der Waals surface area contributed by atoms with E-state index in [1.54, 1.807) is 24.3 Å². The van der Waals surface area contributed by atoms with Gasteiger partial charge in [0.15, 0.2) is 11.5 Å². The van der Waals surface area contributed by atoms with Crippen LogP contribution in [0, 0.1) is 5.82 Å². The maximum atomic E-state index is 14.9. The quantitative estimate of drug-likeness (QED) is 0.136. The van der Waals surface area contributed by atoms with E-state index in [4.69, 9.17) is 23.9 Å². The predicted octanol–water partition coefficient (Wildman–Crippen LogP) is 7.67. The highest BCUT2D eigenvalue weighted by molar-refractivity contribution is 5.93. The van der Waals surface area contributed by atoms with Gasteiger partial charge >= 0.3 is 12.1 Å². The zero-order chi connectivity index (χ0) is 32.2. The summed E-state index contributed by atoms with van der Waals surface area (Å²) in [5.74, 6) is -1.62. The van der Waals surface area contributed by atoms with Crippen LogP contribution in [0.1, 0.15) is 46.2 Å².